The minimum atomic E-state index is -3.27. The van der Waals surface area contributed by atoms with Crippen LogP contribution in [0.3, 0.4) is 0 Å². The maximum atomic E-state index is 11.6. The Kier molecular flexibility index (Phi) is 4.51. The number of aliphatic hydroxyl groups excluding tert-OH is 1. The summed E-state index contributed by atoms with van der Waals surface area (Å²) in [6.07, 6.45) is 2.91. The van der Waals surface area contributed by atoms with Crippen LogP contribution in [-0.4, -0.2) is 45.1 Å². The van der Waals surface area contributed by atoms with Gasteiger partial charge in [-0.1, -0.05) is 0 Å². The van der Waals surface area contributed by atoms with Crippen molar-refractivity contribution in [2.75, 3.05) is 26.1 Å². The summed E-state index contributed by atoms with van der Waals surface area (Å²) in [6.45, 7) is 0.323. The van der Waals surface area contributed by atoms with Crippen LogP contribution in [0.4, 0.5) is 0 Å². The zero-order chi connectivity index (χ0) is 11.4. The molecular formula is C9H19NO4S. The second kappa shape index (κ2) is 5.25. The molecule has 0 spiro atoms. The standard InChI is InChI=1S/C9H19NO4S/c1-14-6-3-7-15(12,13)10-9(8-11)4-2-5-9/h10-11H,2-8H2,1H3. The van der Waals surface area contributed by atoms with Crippen molar-refractivity contribution in [3.63, 3.8) is 0 Å². The van der Waals surface area contributed by atoms with Gasteiger partial charge in [-0.2, -0.15) is 0 Å². The Balaban J connectivity index is 2.41. The summed E-state index contributed by atoms with van der Waals surface area (Å²) in [5, 5.41) is 9.12. The monoisotopic (exact) mass is 237 g/mol. The van der Waals surface area contributed by atoms with Gasteiger partial charge >= 0.3 is 0 Å². The van der Waals surface area contributed by atoms with Crippen molar-refractivity contribution in [1.82, 2.24) is 4.72 Å². The van der Waals surface area contributed by atoms with Gasteiger partial charge in [0.25, 0.3) is 0 Å². The van der Waals surface area contributed by atoms with E-state index < -0.39 is 15.6 Å². The van der Waals surface area contributed by atoms with Crippen molar-refractivity contribution in [3.05, 3.63) is 0 Å². The number of hydrogen-bond acceptors (Lipinski definition) is 4. The Morgan fingerprint density at radius 2 is 2.13 bits per heavy atom. The lowest BCUT2D eigenvalue weighted by molar-refractivity contribution is 0.110. The third-order valence-corrected chi connectivity index (χ3v) is 4.32. The molecule has 0 aliphatic heterocycles. The summed E-state index contributed by atoms with van der Waals surface area (Å²) in [5.41, 5.74) is -0.577. The molecule has 0 bridgehead atoms. The Morgan fingerprint density at radius 1 is 1.47 bits per heavy atom. The van der Waals surface area contributed by atoms with Crippen LogP contribution in [0.1, 0.15) is 25.7 Å². The molecule has 0 heterocycles. The van der Waals surface area contributed by atoms with Crippen LogP contribution in [0, 0.1) is 0 Å². The van der Waals surface area contributed by atoms with Crippen molar-refractivity contribution < 1.29 is 18.3 Å². The molecule has 5 nitrogen and oxygen atoms in total. The summed E-state index contributed by atoms with van der Waals surface area (Å²) in [6, 6.07) is 0. The molecule has 1 aliphatic rings. The lowest BCUT2D eigenvalue weighted by atomic mass is 9.78. The van der Waals surface area contributed by atoms with E-state index in [0.717, 1.165) is 19.3 Å². The maximum absolute atomic E-state index is 11.6. The third-order valence-electron chi connectivity index (χ3n) is 2.75. The fourth-order valence-corrected chi connectivity index (χ4v) is 3.20. The van der Waals surface area contributed by atoms with Crippen molar-refractivity contribution in [2.24, 2.45) is 0 Å². The third kappa shape index (κ3) is 3.71. The van der Waals surface area contributed by atoms with E-state index in [4.69, 9.17) is 9.84 Å². The van der Waals surface area contributed by atoms with Crippen LogP contribution in [0.5, 0.6) is 0 Å². The number of ether oxygens (including phenoxy) is 1. The predicted molar refractivity (Wildman–Crippen MR) is 57.1 cm³/mol. The fourth-order valence-electron chi connectivity index (χ4n) is 1.67. The van der Waals surface area contributed by atoms with Crippen molar-refractivity contribution in [1.29, 1.82) is 0 Å². The van der Waals surface area contributed by atoms with Gasteiger partial charge < -0.3 is 9.84 Å². The normalized spacial score (nSPS) is 19.9. The molecule has 0 atom stereocenters. The van der Waals surface area contributed by atoms with E-state index >= 15 is 0 Å². The number of rotatable bonds is 7. The number of sulfonamides is 1. The van der Waals surface area contributed by atoms with Gasteiger partial charge in [0.1, 0.15) is 0 Å². The van der Waals surface area contributed by atoms with Crippen molar-refractivity contribution >= 4 is 10.0 Å². The van der Waals surface area contributed by atoms with Gasteiger partial charge in [-0.3, -0.25) is 0 Å². The SMILES string of the molecule is COCCCS(=O)(=O)NC1(CO)CCC1. The number of nitrogens with one attached hydrogen (secondary N) is 1. The van der Waals surface area contributed by atoms with Crippen LogP contribution in [0.25, 0.3) is 0 Å². The molecule has 1 saturated carbocycles. The van der Waals surface area contributed by atoms with Gasteiger partial charge in [-0.15, -0.1) is 0 Å². The number of methoxy groups -OCH3 is 1. The molecule has 0 radical (unpaired) electrons. The summed E-state index contributed by atoms with van der Waals surface area (Å²) in [7, 11) is -1.73. The first-order chi connectivity index (χ1) is 7.04. The van der Waals surface area contributed by atoms with Crippen molar-refractivity contribution in [3.8, 4) is 0 Å². The molecule has 6 heteroatoms. The highest BCUT2D eigenvalue weighted by Gasteiger charge is 2.39. The molecule has 2 N–H and O–H groups in total. The first-order valence-electron chi connectivity index (χ1n) is 5.15. The molecule has 0 aromatic carbocycles. The van der Waals surface area contributed by atoms with Gasteiger partial charge in [0.15, 0.2) is 0 Å². The van der Waals surface area contributed by atoms with Crippen LogP contribution in [-0.2, 0) is 14.8 Å². The van der Waals surface area contributed by atoms with Crippen LogP contribution in [0.15, 0.2) is 0 Å². The molecule has 0 aromatic heterocycles. The molecule has 90 valence electrons. The van der Waals surface area contributed by atoms with Gasteiger partial charge in [0.2, 0.25) is 10.0 Å². The smallest absolute Gasteiger partial charge is 0.212 e. The molecule has 1 aliphatic carbocycles. The number of hydrogen-bond donors (Lipinski definition) is 2. The summed E-state index contributed by atoms with van der Waals surface area (Å²) in [5.74, 6) is 0.0581. The van der Waals surface area contributed by atoms with Gasteiger partial charge in [-0.05, 0) is 25.7 Å². The van der Waals surface area contributed by atoms with E-state index in [2.05, 4.69) is 4.72 Å². The van der Waals surface area contributed by atoms with E-state index in [1.54, 1.807) is 7.11 Å². The molecule has 0 saturated heterocycles. The highest BCUT2D eigenvalue weighted by Crippen LogP contribution is 2.31. The van der Waals surface area contributed by atoms with E-state index in [0.29, 0.717) is 13.0 Å². The summed E-state index contributed by atoms with van der Waals surface area (Å²) < 4.78 is 30.6. The number of aliphatic hydroxyl groups is 1. The van der Waals surface area contributed by atoms with E-state index in [9.17, 15) is 8.42 Å². The van der Waals surface area contributed by atoms with E-state index in [-0.39, 0.29) is 12.4 Å². The molecule has 1 fully saturated rings. The fraction of sp³-hybridized carbons (Fsp3) is 1.00. The lowest BCUT2D eigenvalue weighted by Crippen LogP contribution is -2.56. The molecule has 0 aromatic rings. The van der Waals surface area contributed by atoms with Gasteiger partial charge in [0.05, 0.1) is 17.9 Å². The highest BCUT2D eigenvalue weighted by molar-refractivity contribution is 7.89. The van der Waals surface area contributed by atoms with Crippen LogP contribution in [0.2, 0.25) is 0 Å². The molecule has 1 rings (SSSR count). The van der Waals surface area contributed by atoms with Crippen LogP contribution >= 0.6 is 0 Å². The molecule has 0 amide bonds. The topological polar surface area (TPSA) is 75.6 Å². The second-order valence-corrected chi connectivity index (χ2v) is 5.90. The van der Waals surface area contributed by atoms with Gasteiger partial charge in [0, 0.05) is 13.7 Å². The maximum Gasteiger partial charge on any atom is 0.212 e. The van der Waals surface area contributed by atoms with E-state index in [1.165, 1.54) is 0 Å². The van der Waals surface area contributed by atoms with Crippen LogP contribution < -0.4 is 4.72 Å². The minimum absolute atomic E-state index is 0.0581. The zero-order valence-corrected chi connectivity index (χ0v) is 9.85. The summed E-state index contributed by atoms with van der Waals surface area (Å²) >= 11 is 0. The lowest BCUT2D eigenvalue weighted by Gasteiger charge is -2.40. The average molecular weight is 237 g/mol. The Morgan fingerprint density at radius 3 is 2.53 bits per heavy atom. The molecule has 0 unspecified atom stereocenters. The van der Waals surface area contributed by atoms with E-state index in [1.807, 2.05) is 0 Å². The Hall–Kier alpha value is -0.170. The second-order valence-electron chi connectivity index (χ2n) is 4.06. The highest BCUT2D eigenvalue weighted by atomic mass is 32.2. The first kappa shape index (κ1) is 12.9. The van der Waals surface area contributed by atoms with Crippen molar-refractivity contribution in [2.45, 2.75) is 31.2 Å². The Labute approximate surface area is 90.9 Å². The first-order valence-corrected chi connectivity index (χ1v) is 6.80. The summed E-state index contributed by atoms with van der Waals surface area (Å²) in [4.78, 5) is 0. The quantitative estimate of drug-likeness (QED) is 0.604. The predicted octanol–water partition coefficient (Wildman–Crippen LogP) is -0.143. The Bertz CT molecular complexity index is 279. The largest absolute Gasteiger partial charge is 0.394 e. The zero-order valence-electron chi connectivity index (χ0n) is 9.03. The minimum Gasteiger partial charge on any atom is -0.394 e. The van der Waals surface area contributed by atoms with Gasteiger partial charge in [-0.25, -0.2) is 13.1 Å². The average Bonchev–Trinajstić information content (AvgIpc) is 2.12. The molecule has 15 heavy (non-hydrogen) atoms. The molecular weight excluding hydrogens is 218 g/mol.